The van der Waals surface area contributed by atoms with Crippen molar-refractivity contribution in [3.63, 3.8) is 0 Å². The van der Waals surface area contributed by atoms with Gasteiger partial charge >= 0.3 is 5.97 Å². The first-order valence-corrected chi connectivity index (χ1v) is 11.6. The van der Waals surface area contributed by atoms with Gasteiger partial charge in [0.25, 0.3) is 5.69 Å². The largest absolute Gasteiger partial charge is 0.332 e. The monoisotopic (exact) mass is 469 g/mol. The van der Waals surface area contributed by atoms with Crippen LogP contribution in [-0.4, -0.2) is 31.5 Å². The lowest BCUT2D eigenvalue weighted by atomic mass is 9.99. The molecule has 1 atom stereocenters. The van der Waals surface area contributed by atoms with Gasteiger partial charge in [-0.15, -0.1) is 0 Å². The maximum Gasteiger partial charge on any atom is 0.331 e. The van der Waals surface area contributed by atoms with Gasteiger partial charge in [-0.2, -0.15) is 0 Å². The number of oxime groups is 1. The highest BCUT2D eigenvalue weighted by molar-refractivity contribution is 8.14. The van der Waals surface area contributed by atoms with Gasteiger partial charge in [0.05, 0.1) is 22.7 Å². The number of nitrogens with zero attached hydrogens (tertiary/aromatic N) is 3. The van der Waals surface area contributed by atoms with Gasteiger partial charge in [-0.25, -0.2) is 4.79 Å². The molecule has 174 valence electrons. The standard InChI is InChI=1S/C24H27N3O5S/c1-6-7-14(2)33-23(29)13-26-21-10-8-18(27(30)31)12-20(21)24-15(3)19(9-11-22(24)26)16(4)25-32-17(5)28/h8-12,14H,6-7,13H2,1-5H3. The summed E-state index contributed by atoms with van der Waals surface area (Å²) in [5, 5.41) is 17.1. The molecule has 0 spiro atoms. The molecule has 0 bridgehead atoms. The van der Waals surface area contributed by atoms with E-state index in [1.807, 2.05) is 30.5 Å². The molecule has 8 nitrogen and oxygen atoms in total. The molecule has 0 fully saturated rings. The van der Waals surface area contributed by atoms with E-state index in [0.29, 0.717) is 11.1 Å². The second-order valence-corrected chi connectivity index (χ2v) is 9.52. The van der Waals surface area contributed by atoms with Crippen LogP contribution in [0.1, 0.15) is 51.7 Å². The number of aryl methyl sites for hydroxylation is 1. The molecule has 3 rings (SSSR count). The summed E-state index contributed by atoms with van der Waals surface area (Å²) in [6, 6.07) is 8.43. The zero-order chi connectivity index (χ0) is 24.3. The fraction of sp³-hybridized carbons (Fsp3) is 0.375. The topological polar surface area (TPSA) is 104 Å². The van der Waals surface area contributed by atoms with E-state index in [0.717, 1.165) is 40.4 Å². The Balaban J connectivity index is 2.19. The quantitative estimate of drug-likeness (QED) is 0.180. The lowest BCUT2D eigenvalue weighted by molar-refractivity contribution is -0.384. The molecule has 3 aromatic rings. The van der Waals surface area contributed by atoms with E-state index in [4.69, 9.17) is 4.84 Å². The second-order valence-electron chi connectivity index (χ2n) is 8.03. The third-order valence-corrected chi connectivity index (χ3v) is 6.53. The van der Waals surface area contributed by atoms with Gasteiger partial charge in [0, 0.05) is 46.2 Å². The predicted octanol–water partition coefficient (Wildman–Crippen LogP) is 5.75. The number of carbonyl (C=O) groups is 2. The minimum absolute atomic E-state index is 0.0195. The smallest absolute Gasteiger partial charge is 0.331 e. The molecule has 0 aliphatic rings. The van der Waals surface area contributed by atoms with E-state index in [1.54, 1.807) is 19.1 Å². The highest BCUT2D eigenvalue weighted by atomic mass is 32.2. The molecule has 0 aliphatic carbocycles. The first-order chi connectivity index (χ1) is 15.6. The van der Waals surface area contributed by atoms with Gasteiger partial charge in [0.2, 0.25) is 5.12 Å². The molecular weight excluding hydrogens is 442 g/mol. The van der Waals surface area contributed by atoms with Gasteiger partial charge in [0.1, 0.15) is 0 Å². The minimum atomic E-state index is -0.520. The van der Waals surface area contributed by atoms with Gasteiger partial charge in [-0.1, -0.05) is 43.3 Å². The van der Waals surface area contributed by atoms with Crippen LogP contribution in [0.15, 0.2) is 35.5 Å². The zero-order valence-corrected chi connectivity index (χ0v) is 20.2. The highest BCUT2D eigenvalue weighted by Gasteiger charge is 2.20. The van der Waals surface area contributed by atoms with Crippen LogP contribution < -0.4 is 0 Å². The van der Waals surface area contributed by atoms with E-state index in [-0.39, 0.29) is 22.6 Å². The third kappa shape index (κ3) is 5.24. The Bertz CT molecular complexity index is 1280. The third-order valence-electron chi connectivity index (χ3n) is 5.50. The Morgan fingerprint density at radius 1 is 1.21 bits per heavy atom. The van der Waals surface area contributed by atoms with Crippen LogP contribution in [0.4, 0.5) is 5.69 Å². The van der Waals surface area contributed by atoms with Crippen molar-refractivity contribution in [1.29, 1.82) is 0 Å². The average molecular weight is 470 g/mol. The Kier molecular flexibility index (Phi) is 7.53. The van der Waals surface area contributed by atoms with Crippen LogP contribution >= 0.6 is 11.8 Å². The Hall–Kier alpha value is -3.20. The van der Waals surface area contributed by atoms with Crippen LogP contribution in [0.5, 0.6) is 0 Å². The molecule has 9 heteroatoms. The number of benzene rings is 2. The second kappa shape index (κ2) is 10.2. The van der Waals surface area contributed by atoms with Crippen LogP contribution in [0.2, 0.25) is 0 Å². The number of non-ortho nitro benzene ring substituents is 1. The van der Waals surface area contributed by atoms with E-state index < -0.39 is 10.9 Å². The fourth-order valence-electron chi connectivity index (χ4n) is 4.07. The van der Waals surface area contributed by atoms with Crippen LogP contribution in [0, 0.1) is 17.0 Å². The number of aromatic nitrogens is 1. The molecule has 33 heavy (non-hydrogen) atoms. The van der Waals surface area contributed by atoms with E-state index >= 15 is 0 Å². The molecule has 0 saturated heterocycles. The summed E-state index contributed by atoms with van der Waals surface area (Å²) in [6.07, 6.45) is 1.97. The van der Waals surface area contributed by atoms with Crippen molar-refractivity contribution in [1.82, 2.24) is 4.57 Å². The number of carbonyl (C=O) groups excluding carboxylic acids is 2. The minimum Gasteiger partial charge on any atom is -0.332 e. The molecule has 1 aromatic heterocycles. The van der Waals surface area contributed by atoms with Crippen molar-refractivity contribution in [2.75, 3.05) is 0 Å². The normalized spacial score (nSPS) is 12.8. The average Bonchev–Trinajstić information content (AvgIpc) is 3.05. The van der Waals surface area contributed by atoms with Gasteiger partial charge in [0.15, 0.2) is 0 Å². The number of rotatable bonds is 8. The van der Waals surface area contributed by atoms with Gasteiger partial charge in [-0.05, 0) is 38.0 Å². The zero-order valence-electron chi connectivity index (χ0n) is 19.4. The summed E-state index contributed by atoms with van der Waals surface area (Å²) in [5.41, 5.74) is 3.65. The first-order valence-electron chi connectivity index (χ1n) is 10.8. The van der Waals surface area contributed by atoms with Gasteiger partial charge in [-0.3, -0.25) is 14.9 Å². The fourth-order valence-corrected chi connectivity index (χ4v) is 5.07. The SMILES string of the molecule is CCCC(C)SC(=O)Cn1c2ccc([N+](=O)[O-])cc2c2c(C)c(C(C)=NOC(C)=O)ccc21. The van der Waals surface area contributed by atoms with Crippen molar-refractivity contribution in [2.24, 2.45) is 5.16 Å². The number of hydrogen-bond acceptors (Lipinski definition) is 7. The molecule has 0 N–H and O–H groups in total. The molecule has 1 unspecified atom stereocenters. The Morgan fingerprint density at radius 2 is 1.91 bits per heavy atom. The summed E-state index contributed by atoms with van der Waals surface area (Å²) in [7, 11) is 0. The Labute approximate surface area is 196 Å². The molecule has 0 amide bonds. The van der Waals surface area contributed by atoms with Crippen LogP contribution in [0.3, 0.4) is 0 Å². The number of nitro groups is 1. The van der Waals surface area contributed by atoms with E-state index in [1.165, 1.54) is 24.8 Å². The number of hydrogen-bond donors (Lipinski definition) is 0. The molecular formula is C24H27N3O5S. The number of fused-ring (bicyclic) bond motifs is 3. The molecule has 0 saturated carbocycles. The Morgan fingerprint density at radius 3 is 2.55 bits per heavy atom. The van der Waals surface area contributed by atoms with E-state index in [9.17, 15) is 19.7 Å². The highest BCUT2D eigenvalue weighted by Crippen LogP contribution is 2.36. The van der Waals surface area contributed by atoms with Crippen molar-refractivity contribution in [3.8, 4) is 0 Å². The predicted molar refractivity (Wildman–Crippen MR) is 132 cm³/mol. The van der Waals surface area contributed by atoms with Crippen molar-refractivity contribution in [3.05, 3.63) is 51.6 Å². The molecule has 0 radical (unpaired) electrons. The van der Waals surface area contributed by atoms with Crippen molar-refractivity contribution < 1.29 is 19.3 Å². The summed E-state index contributed by atoms with van der Waals surface area (Å²) in [4.78, 5) is 39.8. The summed E-state index contributed by atoms with van der Waals surface area (Å²) >= 11 is 1.33. The molecule has 0 aliphatic heterocycles. The van der Waals surface area contributed by atoms with Crippen LogP contribution in [-0.2, 0) is 21.0 Å². The maximum atomic E-state index is 12.8. The molecule has 2 aromatic carbocycles. The lowest BCUT2D eigenvalue weighted by Crippen LogP contribution is -2.10. The number of thioether (sulfide) groups is 1. The number of nitro benzene ring substituents is 1. The van der Waals surface area contributed by atoms with Crippen molar-refractivity contribution in [2.45, 2.75) is 59.3 Å². The summed E-state index contributed by atoms with van der Waals surface area (Å²) < 4.78 is 1.91. The van der Waals surface area contributed by atoms with E-state index in [2.05, 4.69) is 12.1 Å². The van der Waals surface area contributed by atoms with Crippen molar-refractivity contribution >= 4 is 56.1 Å². The first kappa shape index (κ1) is 24.4. The molecule has 1 heterocycles. The summed E-state index contributed by atoms with van der Waals surface area (Å²) in [6.45, 7) is 9.20. The van der Waals surface area contributed by atoms with Gasteiger partial charge < -0.3 is 9.40 Å². The van der Waals surface area contributed by atoms with Crippen LogP contribution in [0.25, 0.3) is 21.8 Å². The lowest BCUT2D eigenvalue weighted by Gasteiger charge is -2.11. The maximum absolute atomic E-state index is 12.8. The summed E-state index contributed by atoms with van der Waals surface area (Å²) in [5.74, 6) is -0.520.